The van der Waals surface area contributed by atoms with E-state index in [2.05, 4.69) is 25.3 Å². The third-order valence-electron chi connectivity index (χ3n) is 4.87. The van der Waals surface area contributed by atoms with Gasteiger partial charge in [0, 0.05) is 29.4 Å². The molecule has 4 aromatic heterocycles. The SMILES string of the molecule is CCc1nc(-n2ccc3c(cnc4c(-c5cccc(Cl)c5)c(C)nn43)c2=O)n[nH]1. The second-order valence-electron chi connectivity index (χ2n) is 6.69. The Morgan fingerprint density at radius 2 is 2.10 bits per heavy atom. The molecule has 1 aromatic carbocycles. The van der Waals surface area contributed by atoms with E-state index < -0.39 is 0 Å². The number of nitrogens with zero attached hydrogens (tertiary/aromatic N) is 6. The lowest BCUT2D eigenvalue weighted by Crippen LogP contribution is -2.20. The Morgan fingerprint density at radius 3 is 2.86 bits per heavy atom. The molecule has 4 heterocycles. The second-order valence-corrected chi connectivity index (χ2v) is 7.13. The van der Waals surface area contributed by atoms with Gasteiger partial charge in [0.1, 0.15) is 5.82 Å². The van der Waals surface area contributed by atoms with Crippen LogP contribution >= 0.6 is 11.6 Å². The van der Waals surface area contributed by atoms with Crippen LogP contribution in [-0.4, -0.2) is 34.3 Å². The highest BCUT2D eigenvalue weighted by Crippen LogP contribution is 2.30. The van der Waals surface area contributed by atoms with Gasteiger partial charge in [-0.2, -0.15) is 10.1 Å². The van der Waals surface area contributed by atoms with Crippen LogP contribution in [0.4, 0.5) is 0 Å². The van der Waals surface area contributed by atoms with Crippen LogP contribution < -0.4 is 5.56 Å². The van der Waals surface area contributed by atoms with E-state index >= 15 is 0 Å². The highest BCUT2D eigenvalue weighted by atomic mass is 35.5. The van der Waals surface area contributed by atoms with Crippen molar-refractivity contribution < 1.29 is 0 Å². The normalized spacial score (nSPS) is 11.6. The van der Waals surface area contributed by atoms with Crippen molar-refractivity contribution in [2.45, 2.75) is 20.3 Å². The van der Waals surface area contributed by atoms with Crippen molar-refractivity contribution >= 4 is 28.2 Å². The molecule has 29 heavy (non-hydrogen) atoms. The quantitative estimate of drug-likeness (QED) is 0.496. The first-order chi connectivity index (χ1) is 14.1. The summed E-state index contributed by atoms with van der Waals surface area (Å²) in [4.78, 5) is 21.9. The van der Waals surface area contributed by atoms with Crippen molar-refractivity contribution in [2.24, 2.45) is 0 Å². The summed E-state index contributed by atoms with van der Waals surface area (Å²) < 4.78 is 3.10. The molecule has 0 atom stereocenters. The Balaban J connectivity index is 1.75. The zero-order valence-corrected chi connectivity index (χ0v) is 16.5. The minimum Gasteiger partial charge on any atom is -0.268 e. The van der Waals surface area contributed by atoms with Gasteiger partial charge in [0.2, 0.25) is 0 Å². The monoisotopic (exact) mass is 405 g/mol. The number of rotatable bonds is 3. The van der Waals surface area contributed by atoms with Crippen molar-refractivity contribution in [3.05, 3.63) is 69.6 Å². The Hall–Kier alpha value is -3.52. The molecule has 9 heteroatoms. The summed E-state index contributed by atoms with van der Waals surface area (Å²) in [5.74, 6) is 1.03. The standard InChI is InChI=1S/C20H16ClN7O/c1-3-16-23-20(25-24-16)27-8-7-15-14(19(27)29)10-22-18-17(11(2)26-28(15)18)12-5-4-6-13(21)9-12/h4-10H,3H2,1-2H3,(H,23,24,25). The molecule has 1 N–H and O–H groups in total. The summed E-state index contributed by atoms with van der Waals surface area (Å²) in [6.07, 6.45) is 3.94. The lowest BCUT2D eigenvalue weighted by Gasteiger charge is -2.05. The van der Waals surface area contributed by atoms with Crippen molar-refractivity contribution in [1.29, 1.82) is 0 Å². The van der Waals surface area contributed by atoms with Gasteiger partial charge in [-0.1, -0.05) is 30.7 Å². The van der Waals surface area contributed by atoms with E-state index in [9.17, 15) is 4.79 Å². The van der Waals surface area contributed by atoms with Gasteiger partial charge in [0.05, 0.1) is 16.6 Å². The van der Waals surface area contributed by atoms with Crippen LogP contribution in [0.25, 0.3) is 33.6 Å². The molecule has 0 bridgehead atoms. The summed E-state index contributed by atoms with van der Waals surface area (Å²) in [5, 5.41) is 12.7. The molecule has 0 saturated heterocycles. The predicted octanol–water partition coefficient (Wildman–Crippen LogP) is 3.34. The smallest absolute Gasteiger partial charge is 0.268 e. The average Bonchev–Trinajstić information content (AvgIpc) is 3.32. The van der Waals surface area contributed by atoms with Crippen LogP contribution in [0.3, 0.4) is 0 Å². The molecular weight excluding hydrogens is 390 g/mol. The van der Waals surface area contributed by atoms with Crippen LogP contribution in [0.15, 0.2) is 47.5 Å². The van der Waals surface area contributed by atoms with Gasteiger partial charge in [-0.3, -0.25) is 9.89 Å². The van der Waals surface area contributed by atoms with Gasteiger partial charge >= 0.3 is 0 Å². The molecule has 0 aliphatic carbocycles. The topological polar surface area (TPSA) is 93.8 Å². The summed E-state index contributed by atoms with van der Waals surface area (Å²) >= 11 is 6.16. The second kappa shape index (κ2) is 6.52. The largest absolute Gasteiger partial charge is 0.268 e. The third kappa shape index (κ3) is 2.72. The number of aromatic nitrogens is 7. The molecular formula is C20H16ClN7O. The van der Waals surface area contributed by atoms with Crippen molar-refractivity contribution in [2.75, 3.05) is 0 Å². The maximum absolute atomic E-state index is 13.0. The number of nitrogens with one attached hydrogen (secondary N) is 1. The zero-order chi connectivity index (χ0) is 20.1. The summed E-state index contributed by atoms with van der Waals surface area (Å²) in [6.45, 7) is 3.88. The van der Waals surface area contributed by atoms with Crippen molar-refractivity contribution in [3.63, 3.8) is 0 Å². The fourth-order valence-corrected chi connectivity index (χ4v) is 3.66. The number of H-pyrrole nitrogens is 1. The van der Waals surface area contributed by atoms with Crippen LogP contribution in [0.1, 0.15) is 18.4 Å². The summed E-state index contributed by atoms with van der Waals surface area (Å²) in [7, 11) is 0. The van der Waals surface area contributed by atoms with Gasteiger partial charge in [0.15, 0.2) is 5.65 Å². The molecule has 0 aliphatic heterocycles. The van der Waals surface area contributed by atoms with Gasteiger partial charge in [-0.25, -0.2) is 14.1 Å². The maximum Gasteiger partial charge on any atom is 0.268 e. The molecule has 0 unspecified atom stereocenters. The molecule has 5 aromatic rings. The number of benzene rings is 1. The fraction of sp³-hybridized carbons (Fsp3) is 0.150. The fourth-order valence-electron chi connectivity index (χ4n) is 3.47. The number of aromatic amines is 1. The highest BCUT2D eigenvalue weighted by molar-refractivity contribution is 6.30. The molecule has 0 spiro atoms. The van der Waals surface area contributed by atoms with Crippen molar-refractivity contribution in [1.82, 2.24) is 34.3 Å². The number of aryl methyl sites for hydroxylation is 2. The van der Waals surface area contributed by atoms with E-state index in [-0.39, 0.29) is 5.56 Å². The van der Waals surface area contributed by atoms with Gasteiger partial charge in [0.25, 0.3) is 11.5 Å². The number of halogens is 1. The molecule has 0 radical (unpaired) electrons. The van der Waals surface area contributed by atoms with E-state index in [1.807, 2.05) is 44.2 Å². The molecule has 144 valence electrons. The summed E-state index contributed by atoms with van der Waals surface area (Å²) in [6, 6.07) is 9.38. The van der Waals surface area contributed by atoms with E-state index in [0.717, 1.165) is 22.6 Å². The third-order valence-corrected chi connectivity index (χ3v) is 5.11. The first-order valence-electron chi connectivity index (χ1n) is 9.14. The number of pyridine rings is 1. The van der Waals surface area contributed by atoms with Gasteiger partial charge in [-0.05, 0) is 30.7 Å². The van der Waals surface area contributed by atoms with Crippen LogP contribution in [0, 0.1) is 6.92 Å². The van der Waals surface area contributed by atoms with Crippen LogP contribution in [0.5, 0.6) is 0 Å². The molecule has 0 aliphatic rings. The Bertz CT molecular complexity index is 1450. The lowest BCUT2D eigenvalue weighted by molar-refractivity contribution is 0.892. The first-order valence-corrected chi connectivity index (χ1v) is 9.52. The lowest BCUT2D eigenvalue weighted by atomic mass is 10.1. The predicted molar refractivity (Wildman–Crippen MR) is 111 cm³/mol. The van der Waals surface area contributed by atoms with Crippen LogP contribution in [-0.2, 0) is 6.42 Å². The number of fused-ring (bicyclic) bond motifs is 3. The molecule has 0 fully saturated rings. The molecule has 5 rings (SSSR count). The molecule has 0 amide bonds. The molecule has 0 saturated carbocycles. The van der Waals surface area contributed by atoms with Crippen molar-refractivity contribution in [3.8, 4) is 17.1 Å². The first kappa shape index (κ1) is 17.6. The minimum absolute atomic E-state index is 0.254. The Morgan fingerprint density at radius 1 is 1.24 bits per heavy atom. The van der Waals surface area contributed by atoms with E-state index in [0.29, 0.717) is 33.9 Å². The van der Waals surface area contributed by atoms with E-state index in [1.165, 1.54) is 4.57 Å². The minimum atomic E-state index is -0.254. The zero-order valence-electron chi connectivity index (χ0n) is 15.7. The van der Waals surface area contributed by atoms with Gasteiger partial charge in [-0.15, -0.1) is 5.10 Å². The summed E-state index contributed by atoms with van der Waals surface area (Å²) in [5.41, 5.74) is 3.70. The average molecular weight is 406 g/mol. The highest BCUT2D eigenvalue weighted by Gasteiger charge is 2.17. The maximum atomic E-state index is 13.0. The number of hydrogen-bond acceptors (Lipinski definition) is 5. The van der Waals surface area contributed by atoms with E-state index in [4.69, 9.17) is 11.6 Å². The van der Waals surface area contributed by atoms with E-state index in [1.54, 1.807) is 16.9 Å². The Kier molecular flexibility index (Phi) is 3.95. The van der Waals surface area contributed by atoms with Crippen LogP contribution in [0.2, 0.25) is 5.02 Å². The van der Waals surface area contributed by atoms with Gasteiger partial charge < -0.3 is 0 Å². The Labute approximate surface area is 169 Å². The molecule has 8 nitrogen and oxygen atoms in total. The number of hydrogen-bond donors (Lipinski definition) is 1.